The maximum atomic E-state index is 12.7. The van der Waals surface area contributed by atoms with E-state index in [-0.39, 0.29) is 18.4 Å². The highest BCUT2D eigenvalue weighted by Gasteiger charge is 2.52. The smallest absolute Gasteiger partial charge is 0.245 e. The number of likely N-dealkylation sites (tertiary alicyclic amines) is 1. The largest absolute Gasteiger partial charge is 0.326 e. The van der Waals surface area contributed by atoms with Crippen molar-refractivity contribution in [3.05, 3.63) is 0 Å². The van der Waals surface area contributed by atoms with Crippen LogP contribution in [0, 0.1) is 11.3 Å². The average molecular weight is 241 g/mol. The zero-order valence-electron chi connectivity index (χ0n) is 8.96. The molecule has 15 heavy (non-hydrogen) atoms. The van der Waals surface area contributed by atoms with Gasteiger partial charge in [0.05, 0.1) is 0 Å². The predicted molar refractivity (Wildman–Crippen MR) is 58.5 cm³/mol. The minimum absolute atomic E-state index is 0. The van der Waals surface area contributed by atoms with E-state index in [9.17, 15) is 8.78 Å². The molecule has 5 heteroatoms. The second-order valence-corrected chi connectivity index (χ2v) is 5.00. The Morgan fingerprint density at radius 3 is 2.33 bits per heavy atom. The second-order valence-electron chi connectivity index (χ2n) is 5.00. The van der Waals surface area contributed by atoms with Gasteiger partial charge >= 0.3 is 0 Å². The molecule has 2 atom stereocenters. The number of hydrogen-bond donors (Lipinski definition) is 1. The van der Waals surface area contributed by atoms with E-state index < -0.39 is 11.8 Å². The monoisotopic (exact) mass is 240 g/mol. The van der Waals surface area contributed by atoms with Crippen molar-refractivity contribution in [3.8, 4) is 0 Å². The van der Waals surface area contributed by atoms with Crippen LogP contribution in [-0.2, 0) is 0 Å². The summed E-state index contributed by atoms with van der Waals surface area (Å²) < 4.78 is 25.3. The third kappa shape index (κ3) is 2.60. The van der Waals surface area contributed by atoms with Crippen LogP contribution >= 0.6 is 12.4 Å². The molecule has 2 fully saturated rings. The molecule has 2 rings (SSSR count). The molecule has 90 valence electrons. The number of halogens is 3. The van der Waals surface area contributed by atoms with Crippen LogP contribution in [0.5, 0.6) is 0 Å². The van der Waals surface area contributed by atoms with Crippen LogP contribution in [0.1, 0.15) is 19.8 Å². The molecule has 0 spiro atoms. The molecule has 0 radical (unpaired) electrons. The number of nitrogens with zero attached hydrogens (tertiary/aromatic N) is 1. The van der Waals surface area contributed by atoms with Gasteiger partial charge in [-0.15, -0.1) is 12.4 Å². The molecule has 0 aromatic carbocycles. The summed E-state index contributed by atoms with van der Waals surface area (Å²) in [7, 11) is 0. The lowest BCUT2D eigenvalue weighted by Gasteiger charge is -2.22. The number of rotatable bonds is 3. The Hall–Kier alpha value is 0.0700. The molecular formula is C10H19ClF2N2. The van der Waals surface area contributed by atoms with Crippen LogP contribution in [0.4, 0.5) is 8.78 Å². The third-order valence-electron chi connectivity index (χ3n) is 3.64. The molecule has 1 aliphatic heterocycles. The number of hydrogen-bond acceptors (Lipinski definition) is 2. The van der Waals surface area contributed by atoms with E-state index in [2.05, 4.69) is 11.8 Å². The van der Waals surface area contributed by atoms with Gasteiger partial charge in [0.1, 0.15) is 0 Å². The Balaban J connectivity index is 0.00000112. The first kappa shape index (κ1) is 13.1. The lowest BCUT2D eigenvalue weighted by Crippen LogP contribution is -2.34. The Morgan fingerprint density at radius 1 is 1.40 bits per heavy atom. The van der Waals surface area contributed by atoms with Gasteiger partial charge < -0.3 is 10.6 Å². The summed E-state index contributed by atoms with van der Waals surface area (Å²) in [6.07, 6.45) is -0.787. The first-order chi connectivity index (χ1) is 6.53. The van der Waals surface area contributed by atoms with E-state index in [1.165, 1.54) is 0 Å². The summed E-state index contributed by atoms with van der Waals surface area (Å²) in [6, 6.07) is 0.170. The molecule has 1 heterocycles. The van der Waals surface area contributed by atoms with Crippen LogP contribution in [0.2, 0.25) is 0 Å². The Labute approximate surface area is 95.6 Å². The topological polar surface area (TPSA) is 29.3 Å². The van der Waals surface area contributed by atoms with Crippen LogP contribution in [-0.4, -0.2) is 37.0 Å². The molecule has 2 nitrogen and oxygen atoms in total. The Morgan fingerprint density at radius 2 is 2.00 bits per heavy atom. The van der Waals surface area contributed by atoms with Gasteiger partial charge in [-0.05, 0) is 18.8 Å². The normalized spacial score (nSPS) is 34.2. The van der Waals surface area contributed by atoms with Gasteiger partial charge in [0.2, 0.25) is 6.43 Å². The average Bonchev–Trinajstić information content (AvgIpc) is 2.78. The van der Waals surface area contributed by atoms with E-state index in [4.69, 9.17) is 5.73 Å². The first-order valence-electron chi connectivity index (χ1n) is 5.29. The van der Waals surface area contributed by atoms with Crippen molar-refractivity contribution in [1.29, 1.82) is 0 Å². The quantitative estimate of drug-likeness (QED) is 0.814. The summed E-state index contributed by atoms with van der Waals surface area (Å²) in [6.45, 7) is 4.31. The van der Waals surface area contributed by atoms with Crippen LogP contribution < -0.4 is 5.73 Å². The van der Waals surface area contributed by atoms with Gasteiger partial charge in [0.25, 0.3) is 0 Å². The molecule has 1 saturated carbocycles. The second kappa shape index (κ2) is 4.52. The maximum absolute atomic E-state index is 12.7. The van der Waals surface area contributed by atoms with Crippen molar-refractivity contribution < 1.29 is 8.78 Å². The van der Waals surface area contributed by atoms with Crippen LogP contribution in [0.25, 0.3) is 0 Å². The highest BCUT2D eigenvalue weighted by molar-refractivity contribution is 5.85. The van der Waals surface area contributed by atoms with Crippen LogP contribution in [0.3, 0.4) is 0 Å². The van der Waals surface area contributed by atoms with Gasteiger partial charge in [-0.2, -0.15) is 0 Å². The SMILES string of the molecule is CC1CN(CC2(C(F)F)CC2)CC1N.Cl. The molecule has 0 aromatic heterocycles. The van der Waals surface area contributed by atoms with Crippen molar-refractivity contribution >= 4 is 12.4 Å². The Bertz CT molecular complexity index is 211. The van der Waals surface area contributed by atoms with Gasteiger partial charge in [0, 0.05) is 31.1 Å². The van der Waals surface area contributed by atoms with E-state index in [1.807, 2.05) is 0 Å². The minimum atomic E-state index is -2.16. The van der Waals surface area contributed by atoms with Gasteiger partial charge in [-0.1, -0.05) is 6.92 Å². The number of alkyl halides is 2. The molecule has 2 aliphatic rings. The highest BCUT2D eigenvalue weighted by Crippen LogP contribution is 2.51. The highest BCUT2D eigenvalue weighted by atomic mass is 35.5. The number of nitrogens with two attached hydrogens (primary N) is 1. The molecular weight excluding hydrogens is 222 g/mol. The summed E-state index contributed by atoms with van der Waals surface area (Å²) in [5, 5.41) is 0. The van der Waals surface area contributed by atoms with Crippen molar-refractivity contribution in [2.24, 2.45) is 17.1 Å². The minimum Gasteiger partial charge on any atom is -0.326 e. The fraction of sp³-hybridized carbons (Fsp3) is 1.00. The molecule has 1 aliphatic carbocycles. The van der Waals surface area contributed by atoms with E-state index >= 15 is 0 Å². The summed E-state index contributed by atoms with van der Waals surface area (Å²) >= 11 is 0. The standard InChI is InChI=1S/C10H18F2N2.ClH/c1-7-4-14(5-8(7)13)6-10(2-3-10)9(11)12;/h7-9H,2-6,13H2,1H3;1H. The zero-order chi connectivity index (χ0) is 10.3. The predicted octanol–water partition coefficient (Wildman–Crippen LogP) is 1.73. The Kier molecular flexibility index (Phi) is 3.95. The van der Waals surface area contributed by atoms with E-state index in [0.29, 0.717) is 25.3 Å². The lowest BCUT2D eigenvalue weighted by atomic mass is 10.1. The summed E-state index contributed by atoms with van der Waals surface area (Å²) in [5.41, 5.74) is 5.18. The van der Waals surface area contributed by atoms with Gasteiger partial charge in [-0.25, -0.2) is 8.78 Å². The summed E-state index contributed by atoms with van der Waals surface area (Å²) in [5.74, 6) is 0.448. The van der Waals surface area contributed by atoms with Crippen molar-refractivity contribution in [2.75, 3.05) is 19.6 Å². The molecule has 2 unspecified atom stereocenters. The summed E-state index contributed by atoms with van der Waals surface area (Å²) in [4.78, 5) is 2.11. The van der Waals surface area contributed by atoms with E-state index in [1.54, 1.807) is 0 Å². The third-order valence-corrected chi connectivity index (χ3v) is 3.64. The van der Waals surface area contributed by atoms with Crippen molar-refractivity contribution in [1.82, 2.24) is 4.90 Å². The van der Waals surface area contributed by atoms with E-state index in [0.717, 1.165) is 13.1 Å². The van der Waals surface area contributed by atoms with Gasteiger partial charge in [0.15, 0.2) is 0 Å². The van der Waals surface area contributed by atoms with Crippen molar-refractivity contribution in [2.45, 2.75) is 32.2 Å². The van der Waals surface area contributed by atoms with Crippen LogP contribution in [0.15, 0.2) is 0 Å². The lowest BCUT2D eigenvalue weighted by molar-refractivity contribution is 0.0404. The molecule has 2 N–H and O–H groups in total. The van der Waals surface area contributed by atoms with Crippen molar-refractivity contribution in [3.63, 3.8) is 0 Å². The molecule has 0 bridgehead atoms. The fourth-order valence-corrected chi connectivity index (χ4v) is 2.28. The first-order valence-corrected chi connectivity index (χ1v) is 5.29. The molecule has 0 aromatic rings. The molecule has 1 saturated heterocycles. The maximum Gasteiger partial charge on any atom is 0.245 e. The van der Waals surface area contributed by atoms with Gasteiger partial charge in [-0.3, -0.25) is 0 Å². The molecule has 0 amide bonds. The fourth-order valence-electron chi connectivity index (χ4n) is 2.28. The zero-order valence-corrected chi connectivity index (χ0v) is 9.77.